The van der Waals surface area contributed by atoms with Crippen molar-refractivity contribution in [2.24, 2.45) is 5.92 Å². The number of urea groups is 1. The number of nitrogens with zero attached hydrogens (tertiary/aromatic N) is 1. The molecule has 0 saturated heterocycles. The maximum Gasteiger partial charge on any atom is 0.315 e. The second kappa shape index (κ2) is 11.3. The number of hydrogen-bond acceptors (Lipinski definition) is 3. The first kappa shape index (κ1) is 24.9. The number of rotatable bonds is 8. The third-order valence-electron chi connectivity index (χ3n) is 5.21. The van der Waals surface area contributed by atoms with Gasteiger partial charge in [-0.3, -0.25) is 9.59 Å². The van der Waals surface area contributed by atoms with Gasteiger partial charge in [-0.05, 0) is 43.4 Å². The summed E-state index contributed by atoms with van der Waals surface area (Å²) in [4.78, 5) is 39.2. The van der Waals surface area contributed by atoms with Gasteiger partial charge in [-0.15, -0.1) is 0 Å². The van der Waals surface area contributed by atoms with Crippen molar-refractivity contribution in [2.45, 2.75) is 47.2 Å². The van der Waals surface area contributed by atoms with Gasteiger partial charge in [-0.2, -0.15) is 0 Å². The fourth-order valence-electron chi connectivity index (χ4n) is 3.57. The standard InChI is InChI=1S/C25H34N4O3/c1-16(2)22(28-25(32)26-14-20-10-8-7-9-11-20)24(31)29(6)15-21(30)27-23-18(4)12-17(3)13-19(23)5/h7-13,16,22H,14-15H2,1-6H3,(H,27,30)(H2,26,28,32). The van der Waals surface area contributed by atoms with Crippen LogP contribution in [0.1, 0.15) is 36.1 Å². The maximum absolute atomic E-state index is 13.0. The lowest BCUT2D eigenvalue weighted by molar-refractivity contribution is -0.135. The summed E-state index contributed by atoms with van der Waals surface area (Å²) >= 11 is 0. The summed E-state index contributed by atoms with van der Waals surface area (Å²) in [7, 11) is 1.57. The number of amides is 4. The van der Waals surface area contributed by atoms with E-state index in [0.29, 0.717) is 6.54 Å². The van der Waals surface area contributed by atoms with Gasteiger partial charge in [-0.25, -0.2) is 4.79 Å². The Morgan fingerprint density at radius 3 is 2.12 bits per heavy atom. The predicted molar refractivity (Wildman–Crippen MR) is 127 cm³/mol. The Bertz CT molecular complexity index is 934. The molecule has 7 heteroatoms. The van der Waals surface area contributed by atoms with Crippen molar-refractivity contribution in [2.75, 3.05) is 18.9 Å². The zero-order chi connectivity index (χ0) is 23.8. The second-order valence-electron chi connectivity index (χ2n) is 8.55. The zero-order valence-electron chi connectivity index (χ0n) is 19.8. The SMILES string of the molecule is Cc1cc(C)c(NC(=O)CN(C)C(=O)C(NC(=O)NCc2ccccc2)C(C)C)c(C)c1. The minimum absolute atomic E-state index is 0.109. The minimum atomic E-state index is -0.744. The quantitative estimate of drug-likeness (QED) is 0.589. The van der Waals surface area contributed by atoms with Gasteiger partial charge in [0.15, 0.2) is 0 Å². The minimum Gasteiger partial charge on any atom is -0.335 e. The van der Waals surface area contributed by atoms with Gasteiger partial charge in [0.05, 0.1) is 6.54 Å². The lowest BCUT2D eigenvalue weighted by Crippen LogP contribution is -2.53. The summed E-state index contributed by atoms with van der Waals surface area (Å²) < 4.78 is 0. The largest absolute Gasteiger partial charge is 0.335 e. The molecule has 0 spiro atoms. The van der Waals surface area contributed by atoms with E-state index in [0.717, 1.165) is 27.9 Å². The van der Waals surface area contributed by atoms with Gasteiger partial charge >= 0.3 is 6.03 Å². The second-order valence-corrected chi connectivity index (χ2v) is 8.55. The highest BCUT2D eigenvalue weighted by molar-refractivity contribution is 5.97. The van der Waals surface area contributed by atoms with E-state index < -0.39 is 12.1 Å². The summed E-state index contributed by atoms with van der Waals surface area (Å²) in [5.41, 5.74) is 4.80. The molecule has 2 aromatic carbocycles. The Morgan fingerprint density at radius 1 is 0.969 bits per heavy atom. The van der Waals surface area contributed by atoms with Crippen LogP contribution in [-0.2, 0) is 16.1 Å². The van der Waals surface area contributed by atoms with E-state index in [4.69, 9.17) is 0 Å². The number of aryl methyl sites for hydroxylation is 3. The molecule has 0 aliphatic heterocycles. The van der Waals surface area contributed by atoms with E-state index in [9.17, 15) is 14.4 Å². The van der Waals surface area contributed by atoms with Crippen molar-refractivity contribution in [1.29, 1.82) is 0 Å². The van der Waals surface area contributed by atoms with Crippen LogP contribution in [0.25, 0.3) is 0 Å². The molecule has 0 heterocycles. The molecule has 4 amide bonds. The van der Waals surface area contributed by atoms with Crippen molar-refractivity contribution >= 4 is 23.5 Å². The molecule has 32 heavy (non-hydrogen) atoms. The Labute approximate surface area is 190 Å². The van der Waals surface area contributed by atoms with Gasteiger partial charge in [0.1, 0.15) is 6.04 Å². The summed E-state index contributed by atoms with van der Waals surface area (Å²) in [6.45, 7) is 9.85. The molecule has 0 bridgehead atoms. The lowest BCUT2D eigenvalue weighted by atomic mass is 10.0. The number of hydrogen-bond donors (Lipinski definition) is 3. The number of benzene rings is 2. The van der Waals surface area contributed by atoms with E-state index in [1.807, 2.05) is 77.1 Å². The monoisotopic (exact) mass is 438 g/mol. The first-order valence-corrected chi connectivity index (χ1v) is 10.8. The molecule has 2 rings (SSSR count). The van der Waals surface area contributed by atoms with Crippen molar-refractivity contribution < 1.29 is 14.4 Å². The molecule has 0 aliphatic rings. The third-order valence-corrected chi connectivity index (χ3v) is 5.21. The Kier molecular flexibility index (Phi) is 8.81. The topological polar surface area (TPSA) is 90.5 Å². The summed E-state index contributed by atoms with van der Waals surface area (Å²) in [5.74, 6) is -0.744. The van der Waals surface area contributed by atoms with Gasteiger partial charge in [-0.1, -0.05) is 61.9 Å². The van der Waals surface area contributed by atoms with E-state index >= 15 is 0 Å². The highest BCUT2D eigenvalue weighted by atomic mass is 16.2. The van der Waals surface area contributed by atoms with Crippen LogP contribution in [-0.4, -0.2) is 42.4 Å². The van der Waals surface area contributed by atoms with Gasteiger partial charge in [0.2, 0.25) is 11.8 Å². The predicted octanol–water partition coefficient (Wildman–Crippen LogP) is 3.53. The average Bonchev–Trinajstić information content (AvgIpc) is 2.73. The van der Waals surface area contributed by atoms with Crippen molar-refractivity contribution in [3.8, 4) is 0 Å². The summed E-state index contributed by atoms with van der Waals surface area (Å²) in [6, 6.07) is 12.4. The van der Waals surface area contributed by atoms with Crippen LogP contribution >= 0.6 is 0 Å². The Morgan fingerprint density at radius 2 is 1.56 bits per heavy atom. The summed E-state index contributed by atoms with van der Waals surface area (Å²) in [5, 5.41) is 8.42. The molecule has 172 valence electrons. The lowest BCUT2D eigenvalue weighted by Gasteiger charge is -2.27. The van der Waals surface area contributed by atoms with Crippen LogP contribution in [0.15, 0.2) is 42.5 Å². The molecule has 0 aromatic heterocycles. The third kappa shape index (κ3) is 7.11. The number of anilines is 1. The van der Waals surface area contributed by atoms with Crippen LogP contribution in [0, 0.1) is 26.7 Å². The van der Waals surface area contributed by atoms with Gasteiger partial charge in [0.25, 0.3) is 0 Å². The highest BCUT2D eigenvalue weighted by Gasteiger charge is 2.28. The van der Waals surface area contributed by atoms with E-state index in [1.165, 1.54) is 4.90 Å². The average molecular weight is 439 g/mol. The van der Waals surface area contributed by atoms with Crippen molar-refractivity contribution in [3.63, 3.8) is 0 Å². The number of likely N-dealkylation sites (N-methyl/N-ethyl adjacent to an activating group) is 1. The summed E-state index contributed by atoms with van der Waals surface area (Å²) in [6.07, 6.45) is 0. The first-order chi connectivity index (χ1) is 15.1. The first-order valence-electron chi connectivity index (χ1n) is 10.8. The molecule has 0 radical (unpaired) electrons. The number of carbonyl (C=O) groups is 3. The smallest absolute Gasteiger partial charge is 0.315 e. The Balaban J connectivity index is 1.95. The van der Waals surface area contributed by atoms with E-state index in [2.05, 4.69) is 16.0 Å². The molecule has 2 aromatic rings. The molecule has 1 atom stereocenters. The Hall–Kier alpha value is -3.35. The molecular formula is C25H34N4O3. The number of carbonyl (C=O) groups excluding carboxylic acids is 3. The molecule has 1 unspecified atom stereocenters. The van der Waals surface area contributed by atoms with Gasteiger partial charge < -0.3 is 20.9 Å². The highest BCUT2D eigenvalue weighted by Crippen LogP contribution is 2.21. The van der Waals surface area contributed by atoms with Crippen LogP contribution in [0.4, 0.5) is 10.5 Å². The van der Waals surface area contributed by atoms with Crippen molar-refractivity contribution in [1.82, 2.24) is 15.5 Å². The van der Waals surface area contributed by atoms with Crippen LogP contribution in [0.5, 0.6) is 0 Å². The fourth-order valence-corrected chi connectivity index (χ4v) is 3.57. The van der Waals surface area contributed by atoms with Crippen LogP contribution in [0.3, 0.4) is 0 Å². The molecule has 3 N–H and O–H groups in total. The molecule has 0 saturated carbocycles. The number of nitrogens with one attached hydrogen (secondary N) is 3. The van der Waals surface area contributed by atoms with Gasteiger partial charge in [0, 0.05) is 19.3 Å². The molecular weight excluding hydrogens is 404 g/mol. The maximum atomic E-state index is 13.0. The molecule has 0 aliphatic carbocycles. The van der Waals surface area contributed by atoms with Crippen molar-refractivity contribution in [3.05, 3.63) is 64.7 Å². The van der Waals surface area contributed by atoms with Crippen LogP contribution in [0.2, 0.25) is 0 Å². The fraction of sp³-hybridized carbons (Fsp3) is 0.400. The van der Waals surface area contributed by atoms with Crippen LogP contribution < -0.4 is 16.0 Å². The zero-order valence-corrected chi connectivity index (χ0v) is 19.8. The van der Waals surface area contributed by atoms with E-state index in [1.54, 1.807) is 7.05 Å². The normalized spacial score (nSPS) is 11.6. The molecule has 7 nitrogen and oxygen atoms in total. The van der Waals surface area contributed by atoms with E-state index in [-0.39, 0.29) is 24.3 Å². The molecule has 0 fully saturated rings.